The Morgan fingerprint density at radius 2 is 2.20 bits per heavy atom. The van der Waals surface area contributed by atoms with Crippen LogP contribution in [-0.4, -0.2) is 16.4 Å². The molecule has 0 aliphatic heterocycles. The third-order valence-electron chi connectivity index (χ3n) is 1.89. The molecule has 0 spiro atoms. The van der Waals surface area contributed by atoms with Crippen molar-refractivity contribution in [1.82, 2.24) is 9.78 Å². The van der Waals surface area contributed by atoms with Crippen molar-refractivity contribution in [3.05, 3.63) is 22.8 Å². The number of ether oxygens (including phenoxy) is 1. The molecule has 1 aromatic heterocycles. The van der Waals surface area contributed by atoms with Crippen LogP contribution >= 0.6 is 15.9 Å². The minimum Gasteiger partial charge on any atom is -0.434 e. The maximum atomic E-state index is 12.0. The molecule has 0 bridgehead atoms. The van der Waals surface area contributed by atoms with E-state index in [9.17, 15) is 8.78 Å². The van der Waals surface area contributed by atoms with E-state index in [1.54, 1.807) is 24.0 Å². The minimum absolute atomic E-state index is 0.0937. The van der Waals surface area contributed by atoms with Crippen LogP contribution in [0, 0.1) is 0 Å². The Labute approximate surface area is 92.8 Å². The molecule has 0 N–H and O–H groups in total. The van der Waals surface area contributed by atoms with Gasteiger partial charge in [-0.2, -0.15) is 13.9 Å². The summed E-state index contributed by atoms with van der Waals surface area (Å²) in [5.41, 5.74) is 0.622. The van der Waals surface area contributed by atoms with Gasteiger partial charge in [0, 0.05) is 24.7 Å². The van der Waals surface area contributed by atoms with Gasteiger partial charge in [-0.1, -0.05) is 0 Å². The molecule has 0 saturated heterocycles. The molecular formula is C9H7BrF2N2O. The van der Waals surface area contributed by atoms with Crippen molar-refractivity contribution < 1.29 is 13.5 Å². The number of halogens is 3. The Bertz CT molecular complexity index is 498. The van der Waals surface area contributed by atoms with Crippen LogP contribution in [0.4, 0.5) is 8.78 Å². The number of hydrogen-bond donors (Lipinski definition) is 0. The van der Waals surface area contributed by atoms with Gasteiger partial charge in [-0.3, -0.25) is 4.68 Å². The van der Waals surface area contributed by atoms with Crippen molar-refractivity contribution in [3.8, 4) is 5.75 Å². The Hall–Kier alpha value is -1.17. The van der Waals surface area contributed by atoms with Gasteiger partial charge in [0.1, 0.15) is 5.75 Å². The number of benzene rings is 1. The topological polar surface area (TPSA) is 27.1 Å². The van der Waals surface area contributed by atoms with Crippen molar-refractivity contribution in [2.45, 2.75) is 6.61 Å². The molecule has 1 aromatic carbocycles. The van der Waals surface area contributed by atoms with E-state index in [1.165, 1.54) is 6.07 Å². The summed E-state index contributed by atoms with van der Waals surface area (Å²) in [6.45, 7) is -2.83. The van der Waals surface area contributed by atoms with Crippen molar-refractivity contribution in [1.29, 1.82) is 0 Å². The number of fused-ring (bicyclic) bond motifs is 1. The monoisotopic (exact) mass is 276 g/mol. The van der Waals surface area contributed by atoms with Crippen molar-refractivity contribution in [3.63, 3.8) is 0 Å². The number of hydrogen-bond acceptors (Lipinski definition) is 2. The molecule has 15 heavy (non-hydrogen) atoms. The number of rotatable bonds is 2. The SMILES string of the molecule is Cn1cc2cc(Br)c(OC(F)F)cc2n1. The molecule has 0 aliphatic rings. The van der Waals surface area contributed by atoms with E-state index in [-0.39, 0.29) is 5.75 Å². The second-order valence-corrected chi connectivity index (χ2v) is 3.88. The highest BCUT2D eigenvalue weighted by molar-refractivity contribution is 9.10. The van der Waals surface area contributed by atoms with E-state index in [2.05, 4.69) is 25.8 Å². The molecule has 0 radical (unpaired) electrons. The molecule has 0 unspecified atom stereocenters. The fraction of sp³-hybridized carbons (Fsp3) is 0.222. The largest absolute Gasteiger partial charge is 0.434 e. The quantitative estimate of drug-likeness (QED) is 0.843. The molecule has 2 rings (SSSR count). The minimum atomic E-state index is -2.83. The molecule has 0 amide bonds. The molecule has 2 aromatic rings. The second kappa shape index (κ2) is 3.77. The summed E-state index contributed by atoms with van der Waals surface area (Å²) in [6.07, 6.45) is 1.80. The van der Waals surface area contributed by atoms with Crippen molar-refractivity contribution in [2.75, 3.05) is 0 Å². The number of alkyl halides is 2. The Morgan fingerprint density at radius 3 is 2.87 bits per heavy atom. The van der Waals surface area contributed by atoms with Gasteiger partial charge in [0.2, 0.25) is 0 Å². The fourth-order valence-electron chi connectivity index (χ4n) is 1.33. The Morgan fingerprint density at radius 1 is 1.47 bits per heavy atom. The van der Waals surface area contributed by atoms with Gasteiger partial charge in [0.05, 0.1) is 9.99 Å². The van der Waals surface area contributed by atoms with E-state index < -0.39 is 6.61 Å². The highest BCUT2D eigenvalue weighted by atomic mass is 79.9. The first kappa shape index (κ1) is 10.4. The average Bonchev–Trinajstić information content (AvgIpc) is 2.44. The van der Waals surface area contributed by atoms with Crippen LogP contribution in [0.3, 0.4) is 0 Å². The third-order valence-corrected chi connectivity index (χ3v) is 2.51. The summed E-state index contributed by atoms with van der Waals surface area (Å²) >= 11 is 3.16. The number of aryl methyl sites for hydroxylation is 1. The molecule has 1 heterocycles. The highest BCUT2D eigenvalue weighted by Crippen LogP contribution is 2.30. The molecule has 80 valence electrons. The smallest absolute Gasteiger partial charge is 0.387 e. The van der Waals surface area contributed by atoms with Crippen LogP contribution < -0.4 is 4.74 Å². The maximum Gasteiger partial charge on any atom is 0.387 e. The van der Waals surface area contributed by atoms with Crippen molar-refractivity contribution >= 4 is 26.8 Å². The van der Waals surface area contributed by atoms with E-state index in [4.69, 9.17) is 0 Å². The predicted octanol–water partition coefficient (Wildman–Crippen LogP) is 2.94. The predicted molar refractivity (Wildman–Crippen MR) is 55.0 cm³/mol. The summed E-state index contributed by atoms with van der Waals surface area (Å²) in [4.78, 5) is 0. The summed E-state index contributed by atoms with van der Waals surface area (Å²) in [5, 5.41) is 4.96. The molecule has 0 aliphatic carbocycles. The molecule has 0 atom stereocenters. The first-order valence-corrected chi connectivity index (χ1v) is 4.93. The van der Waals surface area contributed by atoms with E-state index in [0.717, 1.165) is 5.39 Å². The lowest BCUT2D eigenvalue weighted by Gasteiger charge is -2.05. The van der Waals surface area contributed by atoms with Gasteiger partial charge >= 0.3 is 6.61 Å². The molecule has 0 fully saturated rings. The van der Waals surface area contributed by atoms with Crippen molar-refractivity contribution in [2.24, 2.45) is 7.05 Å². The first-order valence-electron chi connectivity index (χ1n) is 4.14. The van der Waals surface area contributed by atoms with Gasteiger partial charge < -0.3 is 4.74 Å². The summed E-state index contributed by atoms with van der Waals surface area (Å²) in [6, 6.07) is 3.17. The van der Waals surface area contributed by atoms with E-state index >= 15 is 0 Å². The van der Waals surface area contributed by atoms with Gasteiger partial charge in [0.15, 0.2) is 0 Å². The first-order chi connectivity index (χ1) is 7.06. The Balaban J connectivity index is 2.51. The number of nitrogens with zero attached hydrogens (tertiary/aromatic N) is 2. The zero-order chi connectivity index (χ0) is 11.0. The van der Waals surface area contributed by atoms with E-state index in [0.29, 0.717) is 9.99 Å². The average molecular weight is 277 g/mol. The maximum absolute atomic E-state index is 12.0. The van der Waals surface area contributed by atoms with Gasteiger partial charge in [-0.15, -0.1) is 0 Å². The van der Waals surface area contributed by atoms with Crippen LogP contribution in [0.2, 0.25) is 0 Å². The number of aromatic nitrogens is 2. The second-order valence-electron chi connectivity index (χ2n) is 3.02. The third kappa shape index (κ3) is 2.09. The van der Waals surface area contributed by atoms with E-state index in [1.807, 2.05) is 0 Å². The zero-order valence-corrected chi connectivity index (χ0v) is 9.33. The van der Waals surface area contributed by atoms with Gasteiger partial charge in [-0.05, 0) is 22.0 Å². The summed E-state index contributed by atoms with van der Waals surface area (Å²) in [5.74, 6) is 0.0937. The van der Waals surface area contributed by atoms with Crippen LogP contribution in [0.1, 0.15) is 0 Å². The molecule has 0 saturated carbocycles. The lowest BCUT2D eigenvalue weighted by Crippen LogP contribution is -2.02. The highest BCUT2D eigenvalue weighted by Gasteiger charge is 2.10. The fourth-order valence-corrected chi connectivity index (χ4v) is 1.79. The standard InChI is InChI=1S/C9H7BrF2N2O/c1-14-4-5-2-6(10)8(15-9(11)12)3-7(5)13-14/h2-4,9H,1H3. The molecule has 3 nitrogen and oxygen atoms in total. The lowest BCUT2D eigenvalue weighted by atomic mass is 10.2. The van der Waals surface area contributed by atoms with Gasteiger partial charge in [-0.25, -0.2) is 0 Å². The van der Waals surface area contributed by atoms with Crippen LogP contribution in [0.15, 0.2) is 22.8 Å². The molecular weight excluding hydrogens is 270 g/mol. The lowest BCUT2D eigenvalue weighted by molar-refractivity contribution is -0.0502. The van der Waals surface area contributed by atoms with Crippen LogP contribution in [0.5, 0.6) is 5.75 Å². The Kier molecular flexibility index (Phi) is 2.60. The summed E-state index contributed by atoms with van der Waals surface area (Å²) in [7, 11) is 1.77. The van der Waals surface area contributed by atoms with Crippen LogP contribution in [-0.2, 0) is 7.05 Å². The molecule has 6 heteroatoms. The normalized spacial score (nSPS) is 11.3. The summed E-state index contributed by atoms with van der Waals surface area (Å²) < 4.78 is 30.5. The van der Waals surface area contributed by atoms with Gasteiger partial charge in [0.25, 0.3) is 0 Å². The van der Waals surface area contributed by atoms with Crippen LogP contribution in [0.25, 0.3) is 10.9 Å². The zero-order valence-electron chi connectivity index (χ0n) is 7.75.